The SMILES string of the molecule is CCOc1ccc(CCNC(=O)c2ccc(/C=C3\OC4C=CC=CC4=NC3=O)cc2)cc1OCC. The monoisotopic (exact) mass is 472 g/mol. The maximum Gasteiger partial charge on any atom is 0.312 e. The van der Waals surface area contributed by atoms with Gasteiger partial charge in [-0.3, -0.25) is 9.59 Å². The number of rotatable bonds is 9. The third kappa shape index (κ3) is 6.06. The van der Waals surface area contributed by atoms with Crippen LogP contribution in [0.1, 0.15) is 35.3 Å². The lowest BCUT2D eigenvalue weighted by Gasteiger charge is -2.22. The number of benzene rings is 2. The number of aliphatic imine (C=N–C) groups is 1. The van der Waals surface area contributed by atoms with Gasteiger partial charge in [-0.2, -0.15) is 0 Å². The number of carbonyl (C=O) groups excluding carboxylic acids is 2. The number of ether oxygens (including phenoxy) is 3. The molecule has 1 aliphatic heterocycles. The highest BCUT2D eigenvalue weighted by atomic mass is 16.5. The Morgan fingerprint density at radius 1 is 1.06 bits per heavy atom. The van der Waals surface area contributed by atoms with Crippen LogP contribution < -0.4 is 14.8 Å². The molecule has 1 unspecified atom stereocenters. The van der Waals surface area contributed by atoms with Gasteiger partial charge in [0.15, 0.2) is 23.4 Å². The summed E-state index contributed by atoms with van der Waals surface area (Å²) in [6.07, 6.45) is 9.24. The van der Waals surface area contributed by atoms with E-state index in [0.717, 1.165) is 16.9 Å². The molecule has 0 saturated carbocycles. The molecule has 35 heavy (non-hydrogen) atoms. The third-order valence-corrected chi connectivity index (χ3v) is 5.43. The van der Waals surface area contributed by atoms with Crippen molar-refractivity contribution >= 4 is 23.6 Å². The molecule has 0 saturated heterocycles. The number of nitrogens with zero attached hydrogens (tertiary/aromatic N) is 1. The zero-order valence-corrected chi connectivity index (χ0v) is 19.8. The molecule has 0 aromatic heterocycles. The average molecular weight is 473 g/mol. The van der Waals surface area contributed by atoms with E-state index in [9.17, 15) is 9.59 Å². The summed E-state index contributed by atoms with van der Waals surface area (Å²) in [7, 11) is 0. The van der Waals surface area contributed by atoms with Crippen LogP contribution in [0.25, 0.3) is 6.08 Å². The van der Waals surface area contributed by atoms with E-state index in [1.54, 1.807) is 36.4 Å². The number of nitrogens with one attached hydrogen (secondary N) is 1. The summed E-state index contributed by atoms with van der Waals surface area (Å²) in [5.41, 5.74) is 2.92. The first-order valence-corrected chi connectivity index (χ1v) is 11.7. The van der Waals surface area contributed by atoms with Gasteiger partial charge >= 0.3 is 5.91 Å². The third-order valence-electron chi connectivity index (χ3n) is 5.43. The van der Waals surface area contributed by atoms with Crippen LogP contribution in [0.4, 0.5) is 0 Å². The lowest BCUT2D eigenvalue weighted by atomic mass is 10.1. The summed E-state index contributed by atoms with van der Waals surface area (Å²) in [6, 6.07) is 12.8. The van der Waals surface area contributed by atoms with Crippen LogP contribution in [-0.2, 0) is 16.0 Å². The van der Waals surface area contributed by atoms with Crippen LogP contribution in [0.2, 0.25) is 0 Å². The summed E-state index contributed by atoms with van der Waals surface area (Å²) in [6.45, 7) is 5.47. The summed E-state index contributed by atoms with van der Waals surface area (Å²) in [4.78, 5) is 28.9. The first-order chi connectivity index (χ1) is 17.1. The molecule has 2 aromatic carbocycles. The Bertz CT molecular complexity index is 1210. The van der Waals surface area contributed by atoms with Crippen LogP contribution >= 0.6 is 0 Å². The van der Waals surface area contributed by atoms with Gasteiger partial charge in [-0.25, -0.2) is 4.99 Å². The number of amides is 2. The topological polar surface area (TPSA) is 86.2 Å². The summed E-state index contributed by atoms with van der Waals surface area (Å²) in [5, 5.41) is 2.94. The maximum atomic E-state index is 12.6. The zero-order chi connectivity index (χ0) is 24.6. The van der Waals surface area contributed by atoms with Crippen molar-refractivity contribution in [1.82, 2.24) is 5.32 Å². The molecule has 2 aromatic rings. The van der Waals surface area contributed by atoms with Crippen LogP contribution in [0.3, 0.4) is 0 Å². The van der Waals surface area contributed by atoms with Crippen LogP contribution in [0.5, 0.6) is 11.5 Å². The molecule has 1 N–H and O–H groups in total. The highest BCUT2D eigenvalue weighted by Gasteiger charge is 2.26. The van der Waals surface area contributed by atoms with Gasteiger partial charge in [-0.05, 0) is 73.9 Å². The highest BCUT2D eigenvalue weighted by Crippen LogP contribution is 2.28. The van der Waals surface area contributed by atoms with Crippen LogP contribution in [-0.4, -0.2) is 43.4 Å². The molecule has 7 heteroatoms. The summed E-state index contributed by atoms with van der Waals surface area (Å²) >= 11 is 0. The van der Waals surface area contributed by atoms with Crippen molar-refractivity contribution in [3.8, 4) is 11.5 Å². The van der Waals surface area contributed by atoms with Crippen molar-refractivity contribution in [1.29, 1.82) is 0 Å². The lowest BCUT2D eigenvalue weighted by Crippen LogP contribution is -2.29. The van der Waals surface area contributed by atoms with Crippen molar-refractivity contribution in [3.63, 3.8) is 0 Å². The number of hydrogen-bond donors (Lipinski definition) is 1. The Morgan fingerprint density at radius 2 is 1.83 bits per heavy atom. The predicted molar refractivity (Wildman–Crippen MR) is 135 cm³/mol. The van der Waals surface area contributed by atoms with E-state index in [2.05, 4.69) is 10.3 Å². The Morgan fingerprint density at radius 3 is 2.60 bits per heavy atom. The fourth-order valence-electron chi connectivity index (χ4n) is 3.72. The van der Waals surface area contributed by atoms with Crippen molar-refractivity contribution in [2.75, 3.05) is 19.8 Å². The molecule has 7 nitrogen and oxygen atoms in total. The molecule has 4 rings (SSSR count). The second-order valence-electron chi connectivity index (χ2n) is 7.91. The van der Waals surface area contributed by atoms with Crippen molar-refractivity contribution < 1.29 is 23.8 Å². The molecule has 1 heterocycles. The average Bonchev–Trinajstić information content (AvgIpc) is 2.86. The molecule has 0 radical (unpaired) electrons. The van der Waals surface area contributed by atoms with E-state index in [-0.39, 0.29) is 17.8 Å². The van der Waals surface area contributed by atoms with Gasteiger partial charge in [0, 0.05) is 12.1 Å². The predicted octanol–water partition coefficient (Wildman–Crippen LogP) is 4.29. The van der Waals surface area contributed by atoms with E-state index >= 15 is 0 Å². The number of carbonyl (C=O) groups is 2. The van der Waals surface area contributed by atoms with Gasteiger partial charge in [-0.1, -0.05) is 30.4 Å². The molecule has 2 aliphatic rings. The van der Waals surface area contributed by atoms with E-state index in [1.165, 1.54) is 0 Å². The summed E-state index contributed by atoms with van der Waals surface area (Å²) in [5.74, 6) is 1.02. The fourth-order valence-corrected chi connectivity index (χ4v) is 3.72. The maximum absolute atomic E-state index is 12.6. The van der Waals surface area contributed by atoms with Gasteiger partial charge < -0.3 is 19.5 Å². The molecule has 0 spiro atoms. The summed E-state index contributed by atoms with van der Waals surface area (Å²) < 4.78 is 17.0. The Labute approximate surface area is 204 Å². The standard InChI is InChI=1S/C28H28N2O5/c1-3-33-24-14-11-20(17-25(24)34-4-2)15-16-29-27(31)21-12-9-19(10-13-21)18-26-28(32)30-22-7-5-6-8-23(22)35-26/h5-14,17-18,23H,3-4,15-16H2,1-2H3,(H,29,31)/b26-18-. The van der Waals surface area contributed by atoms with E-state index < -0.39 is 5.91 Å². The quantitative estimate of drug-likeness (QED) is 0.551. The first-order valence-electron chi connectivity index (χ1n) is 11.7. The second-order valence-corrected chi connectivity index (χ2v) is 7.91. The van der Waals surface area contributed by atoms with Gasteiger partial charge in [0.25, 0.3) is 5.91 Å². The molecule has 1 atom stereocenters. The van der Waals surface area contributed by atoms with E-state index in [0.29, 0.717) is 43.2 Å². The van der Waals surface area contributed by atoms with E-state index in [4.69, 9.17) is 14.2 Å². The number of fused-ring (bicyclic) bond motifs is 1. The van der Waals surface area contributed by atoms with Crippen LogP contribution in [0.15, 0.2) is 77.5 Å². The molecule has 1 aliphatic carbocycles. The van der Waals surface area contributed by atoms with Gasteiger partial charge in [0.05, 0.1) is 18.9 Å². The second kappa shape index (κ2) is 11.3. The van der Waals surface area contributed by atoms with Gasteiger partial charge in [-0.15, -0.1) is 0 Å². The molecular weight excluding hydrogens is 444 g/mol. The van der Waals surface area contributed by atoms with Crippen LogP contribution in [0, 0.1) is 0 Å². The number of hydrogen-bond acceptors (Lipinski definition) is 5. The largest absolute Gasteiger partial charge is 0.490 e. The molecular formula is C28H28N2O5. The van der Waals surface area contributed by atoms with Crippen molar-refractivity contribution in [2.45, 2.75) is 26.4 Å². The fraction of sp³-hybridized carbons (Fsp3) is 0.250. The zero-order valence-electron chi connectivity index (χ0n) is 19.8. The molecule has 180 valence electrons. The Kier molecular flexibility index (Phi) is 7.77. The van der Waals surface area contributed by atoms with Gasteiger partial charge in [0.2, 0.25) is 0 Å². The highest BCUT2D eigenvalue weighted by molar-refractivity contribution is 6.13. The minimum absolute atomic E-state index is 0.168. The number of allylic oxidation sites excluding steroid dienone is 2. The Balaban J connectivity index is 1.33. The minimum Gasteiger partial charge on any atom is -0.490 e. The normalized spacial score (nSPS) is 17.4. The molecule has 0 bridgehead atoms. The van der Waals surface area contributed by atoms with E-state index in [1.807, 2.05) is 50.3 Å². The molecule has 2 amide bonds. The van der Waals surface area contributed by atoms with Crippen molar-refractivity contribution in [2.24, 2.45) is 4.99 Å². The minimum atomic E-state index is -0.417. The van der Waals surface area contributed by atoms with Crippen molar-refractivity contribution in [3.05, 3.63) is 89.2 Å². The molecule has 0 fully saturated rings. The smallest absolute Gasteiger partial charge is 0.312 e. The Hall–Kier alpha value is -4.13. The first kappa shape index (κ1) is 24.0. The lowest BCUT2D eigenvalue weighted by molar-refractivity contribution is -0.118. The van der Waals surface area contributed by atoms with Gasteiger partial charge in [0.1, 0.15) is 0 Å².